The number of hydrogen-bond acceptors (Lipinski definition) is 3. The Hall–Kier alpha value is -1.62. The second-order valence-electron chi connectivity index (χ2n) is 4.02. The van der Waals surface area contributed by atoms with Crippen molar-refractivity contribution < 1.29 is 24.1 Å². The summed E-state index contributed by atoms with van der Waals surface area (Å²) in [7, 11) is 1.33. The molecule has 0 aliphatic carbocycles. The van der Waals surface area contributed by atoms with Crippen LogP contribution < -0.4 is 4.74 Å². The molecular weight excluding hydrogens is 227 g/mol. The Morgan fingerprint density at radius 3 is 2.59 bits per heavy atom. The molecule has 2 unspecified atom stereocenters. The molecule has 0 amide bonds. The van der Waals surface area contributed by atoms with Crippen LogP contribution in [0.1, 0.15) is 19.4 Å². The minimum absolute atomic E-state index is 0.128. The van der Waals surface area contributed by atoms with Gasteiger partial charge in [-0.2, -0.15) is 0 Å². The Bertz CT molecular complexity index is 429. The fourth-order valence-corrected chi connectivity index (χ4v) is 1.62. The number of methoxy groups -OCH3 is 1. The zero-order valence-corrected chi connectivity index (χ0v) is 9.90. The molecule has 1 rings (SSSR count). The predicted molar refractivity (Wildman–Crippen MR) is 59.3 cm³/mol. The highest BCUT2D eigenvalue weighted by molar-refractivity contribution is 5.71. The van der Waals surface area contributed by atoms with Crippen LogP contribution in [-0.4, -0.2) is 23.3 Å². The average molecular weight is 242 g/mol. The highest BCUT2D eigenvalue weighted by atomic mass is 19.1. The van der Waals surface area contributed by atoms with Crippen molar-refractivity contribution in [2.75, 3.05) is 7.11 Å². The molecule has 0 saturated heterocycles. The van der Waals surface area contributed by atoms with Gasteiger partial charge in [-0.15, -0.1) is 0 Å². The van der Waals surface area contributed by atoms with E-state index in [4.69, 9.17) is 9.84 Å². The van der Waals surface area contributed by atoms with Gasteiger partial charge in [-0.3, -0.25) is 4.79 Å². The van der Waals surface area contributed by atoms with Crippen LogP contribution in [0.5, 0.6) is 5.75 Å². The van der Waals surface area contributed by atoms with Gasteiger partial charge in [-0.25, -0.2) is 4.39 Å². The maximum Gasteiger partial charge on any atom is 0.309 e. The number of benzene rings is 1. The SMILES string of the molecule is COc1cccc(F)c1C(C)(O)C(C)C(=O)O. The first-order chi connectivity index (χ1) is 7.82. The van der Waals surface area contributed by atoms with E-state index in [0.717, 1.165) is 6.07 Å². The van der Waals surface area contributed by atoms with Crippen LogP contribution in [0.25, 0.3) is 0 Å². The number of hydrogen-bond donors (Lipinski definition) is 2. The second-order valence-corrected chi connectivity index (χ2v) is 4.02. The highest BCUT2D eigenvalue weighted by Crippen LogP contribution is 2.37. The van der Waals surface area contributed by atoms with Gasteiger partial charge in [0.25, 0.3) is 0 Å². The van der Waals surface area contributed by atoms with Crippen molar-refractivity contribution in [3.8, 4) is 5.75 Å². The molecule has 94 valence electrons. The lowest BCUT2D eigenvalue weighted by atomic mass is 9.83. The number of aliphatic carboxylic acids is 1. The molecule has 0 aromatic heterocycles. The summed E-state index contributed by atoms with van der Waals surface area (Å²) in [5.74, 6) is -2.93. The zero-order chi connectivity index (χ0) is 13.2. The number of ether oxygens (including phenoxy) is 1. The Balaban J connectivity index is 3.36. The molecule has 0 spiro atoms. The van der Waals surface area contributed by atoms with E-state index < -0.39 is 23.3 Å². The topological polar surface area (TPSA) is 66.8 Å². The van der Waals surface area contributed by atoms with Crippen molar-refractivity contribution >= 4 is 5.97 Å². The minimum Gasteiger partial charge on any atom is -0.496 e. The van der Waals surface area contributed by atoms with Crippen molar-refractivity contribution in [2.24, 2.45) is 5.92 Å². The smallest absolute Gasteiger partial charge is 0.309 e. The van der Waals surface area contributed by atoms with Gasteiger partial charge >= 0.3 is 5.97 Å². The third-order valence-corrected chi connectivity index (χ3v) is 2.92. The summed E-state index contributed by atoms with van der Waals surface area (Å²) < 4.78 is 18.7. The van der Waals surface area contributed by atoms with Gasteiger partial charge in [0.2, 0.25) is 0 Å². The summed E-state index contributed by atoms with van der Waals surface area (Å²) in [6.07, 6.45) is 0. The molecule has 1 aromatic carbocycles. The van der Waals surface area contributed by atoms with Gasteiger partial charge < -0.3 is 14.9 Å². The molecule has 0 fully saturated rings. The predicted octanol–water partition coefficient (Wildman–Crippen LogP) is 1.76. The molecule has 17 heavy (non-hydrogen) atoms. The largest absolute Gasteiger partial charge is 0.496 e. The standard InChI is InChI=1S/C12H15FO4/c1-7(11(14)15)12(2,16)10-8(13)5-4-6-9(10)17-3/h4-7,16H,1-3H3,(H,14,15). The van der Waals surface area contributed by atoms with Crippen molar-refractivity contribution in [3.63, 3.8) is 0 Å². The van der Waals surface area contributed by atoms with Crippen LogP contribution >= 0.6 is 0 Å². The summed E-state index contributed by atoms with van der Waals surface area (Å²) in [5, 5.41) is 19.1. The van der Waals surface area contributed by atoms with E-state index in [1.807, 2.05) is 0 Å². The van der Waals surface area contributed by atoms with Gasteiger partial charge in [0.15, 0.2) is 0 Å². The number of aliphatic hydroxyl groups is 1. The number of halogens is 1. The molecule has 0 bridgehead atoms. The summed E-state index contributed by atoms with van der Waals surface area (Å²) in [4.78, 5) is 10.9. The molecule has 1 aromatic rings. The van der Waals surface area contributed by atoms with Gasteiger partial charge in [0.1, 0.15) is 17.2 Å². The lowest BCUT2D eigenvalue weighted by Crippen LogP contribution is -2.36. The summed E-state index contributed by atoms with van der Waals surface area (Å²) in [6, 6.07) is 4.06. The number of rotatable bonds is 4. The van der Waals surface area contributed by atoms with E-state index in [0.29, 0.717) is 0 Å². The third-order valence-electron chi connectivity index (χ3n) is 2.92. The average Bonchev–Trinajstić information content (AvgIpc) is 2.26. The minimum atomic E-state index is -1.84. The van der Waals surface area contributed by atoms with Gasteiger partial charge in [-0.05, 0) is 26.0 Å². The third kappa shape index (κ3) is 2.39. The van der Waals surface area contributed by atoms with Crippen molar-refractivity contribution in [1.29, 1.82) is 0 Å². The quantitative estimate of drug-likeness (QED) is 0.844. The first kappa shape index (κ1) is 13.4. The second kappa shape index (κ2) is 4.71. The molecule has 0 aliphatic heterocycles. The summed E-state index contributed by atoms with van der Waals surface area (Å²) in [6.45, 7) is 2.57. The Morgan fingerprint density at radius 1 is 1.53 bits per heavy atom. The summed E-state index contributed by atoms with van der Waals surface area (Å²) in [5.41, 5.74) is -1.99. The summed E-state index contributed by atoms with van der Waals surface area (Å²) >= 11 is 0. The molecule has 0 heterocycles. The van der Waals surface area contributed by atoms with E-state index >= 15 is 0 Å². The fraction of sp³-hybridized carbons (Fsp3) is 0.417. The van der Waals surface area contributed by atoms with Crippen LogP contribution in [-0.2, 0) is 10.4 Å². The van der Waals surface area contributed by atoms with E-state index in [1.54, 1.807) is 0 Å². The lowest BCUT2D eigenvalue weighted by molar-refractivity contribution is -0.150. The molecule has 4 nitrogen and oxygen atoms in total. The molecule has 2 N–H and O–H groups in total. The number of carboxylic acid groups (broad SMARTS) is 1. The maximum absolute atomic E-state index is 13.7. The van der Waals surface area contributed by atoms with Gasteiger partial charge in [0.05, 0.1) is 18.6 Å². The monoisotopic (exact) mass is 242 g/mol. The van der Waals surface area contributed by atoms with Crippen molar-refractivity contribution in [1.82, 2.24) is 0 Å². The molecule has 5 heteroatoms. The molecule has 0 radical (unpaired) electrons. The van der Waals surface area contributed by atoms with Crippen molar-refractivity contribution in [3.05, 3.63) is 29.6 Å². The first-order valence-electron chi connectivity index (χ1n) is 5.10. The molecular formula is C12H15FO4. The Kier molecular flexibility index (Phi) is 3.72. The Labute approximate surface area is 98.7 Å². The van der Waals surface area contributed by atoms with Crippen LogP contribution in [0.2, 0.25) is 0 Å². The van der Waals surface area contributed by atoms with E-state index in [-0.39, 0.29) is 11.3 Å². The molecule has 0 saturated carbocycles. The van der Waals surface area contributed by atoms with E-state index in [2.05, 4.69) is 0 Å². The normalized spacial score (nSPS) is 16.1. The highest BCUT2D eigenvalue weighted by Gasteiger charge is 2.39. The van der Waals surface area contributed by atoms with E-state index in [9.17, 15) is 14.3 Å². The Morgan fingerprint density at radius 2 is 2.12 bits per heavy atom. The van der Waals surface area contributed by atoms with Crippen LogP contribution in [0.3, 0.4) is 0 Å². The van der Waals surface area contributed by atoms with Gasteiger partial charge in [0, 0.05) is 0 Å². The van der Waals surface area contributed by atoms with E-state index in [1.165, 1.54) is 33.1 Å². The first-order valence-corrected chi connectivity index (χ1v) is 5.10. The number of carbonyl (C=O) groups is 1. The fourth-order valence-electron chi connectivity index (χ4n) is 1.62. The molecule has 2 atom stereocenters. The van der Waals surface area contributed by atoms with Crippen LogP contribution in [0, 0.1) is 11.7 Å². The van der Waals surface area contributed by atoms with Gasteiger partial charge in [-0.1, -0.05) is 6.07 Å². The van der Waals surface area contributed by atoms with Crippen LogP contribution in [0.4, 0.5) is 4.39 Å². The maximum atomic E-state index is 13.7. The van der Waals surface area contributed by atoms with Crippen molar-refractivity contribution in [2.45, 2.75) is 19.4 Å². The lowest BCUT2D eigenvalue weighted by Gasteiger charge is -2.29. The number of carboxylic acids is 1. The zero-order valence-electron chi connectivity index (χ0n) is 9.90. The molecule has 0 aliphatic rings. The van der Waals surface area contributed by atoms with Crippen LogP contribution in [0.15, 0.2) is 18.2 Å².